The van der Waals surface area contributed by atoms with E-state index in [9.17, 15) is 4.79 Å². The fourth-order valence-corrected chi connectivity index (χ4v) is 6.19. The van der Waals surface area contributed by atoms with Crippen molar-refractivity contribution in [2.24, 2.45) is 5.92 Å². The molecule has 1 aliphatic carbocycles. The Morgan fingerprint density at radius 2 is 1.40 bits per heavy atom. The van der Waals surface area contributed by atoms with Gasteiger partial charge in [0.05, 0.1) is 0 Å². The summed E-state index contributed by atoms with van der Waals surface area (Å²) in [6, 6.07) is 30.1. The Kier molecular flexibility index (Phi) is 7.00. The van der Waals surface area contributed by atoms with Crippen LogP contribution < -0.4 is 4.90 Å². The van der Waals surface area contributed by atoms with Crippen LogP contribution in [0.25, 0.3) is 0 Å². The molecule has 6 rings (SSSR count). The fourth-order valence-electron chi connectivity index (χ4n) is 6.19. The van der Waals surface area contributed by atoms with Crippen molar-refractivity contribution in [3.05, 3.63) is 102 Å². The molecule has 3 nitrogen and oxygen atoms in total. The van der Waals surface area contributed by atoms with Gasteiger partial charge in [0.1, 0.15) is 5.41 Å². The first-order chi connectivity index (χ1) is 16.8. The molecule has 1 atom stereocenters. The number of para-hydroxylation sites is 1. The first kappa shape index (κ1) is 24.1. The minimum Gasteiger partial charge on any atom is -0.311 e. The molecule has 1 saturated carbocycles. The number of carbonyl (C=O) groups is 1. The molecule has 3 aromatic rings. The number of amides is 1. The topological polar surface area (TPSA) is 23.6 Å². The number of nitrogens with zero attached hydrogens (tertiary/aromatic N) is 2. The lowest BCUT2D eigenvalue weighted by atomic mass is 9.72. The standard InChI is InChI=1S/C31H34N2O.ClH/c34-30-31(27-11-5-2-6-12-27,28-13-7-8-14-29(28)33(30)23-24-15-16-24)19-22-32-20-17-26(18-21-32)25-9-3-1-4-10-25;/h1-14,24,26H,15-23H2;1H. The Balaban J connectivity index is 0.00000253. The minimum atomic E-state index is -0.580. The van der Waals surface area contributed by atoms with E-state index < -0.39 is 5.41 Å². The highest BCUT2D eigenvalue weighted by molar-refractivity contribution is 6.10. The van der Waals surface area contributed by atoms with Crippen molar-refractivity contribution >= 4 is 24.0 Å². The van der Waals surface area contributed by atoms with Gasteiger partial charge in [0, 0.05) is 12.2 Å². The van der Waals surface area contributed by atoms with Crippen LogP contribution in [0.3, 0.4) is 0 Å². The minimum absolute atomic E-state index is 0. The van der Waals surface area contributed by atoms with Crippen molar-refractivity contribution < 1.29 is 4.79 Å². The van der Waals surface area contributed by atoms with Crippen LogP contribution in [0, 0.1) is 5.92 Å². The van der Waals surface area contributed by atoms with Gasteiger partial charge in [0.2, 0.25) is 5.91 Å². The number of rotatable bonds is 7. The number of carbonyl (C=O) groups excluding carboxylic acids is 1. The Morgan fingerprint density at radius 1 is 0.771 bits per heavy atom. The van der Waals surface area contributed by atoms with Gasteiger partial charge < -0.3 is 9.80 Å². The highest BCUT2D eigenvalue weighted by Crippen LogP contribution is 2.49. The van der Waals surface area contributed by atoms with Crippen molar-refractivity contribution in [3.63, 3.8) is 0 Å². The first-order valence-electron chi connectivity index (χ1n) is 13.0. The predicted molar refractivity (Wildman–Crippen MR) is 145 cm³/mol. The van der Waals surface area contributed by atoms with Crippen LogP contribution in [0.2, 0.25) is 0 Å². The molecule has 4 heteroatoms. The van der Waals surface area contributed by atoms with Gasteiger partial charge in [-0.25, -0.2) is 0 Å². The zero-order valence-electron chi connectivity index (χ0n) is 20.3. The van der Waals surface area contributed by atoms with Crippen LogP contribution in [-0.2, 0) is 10.2 Å². The number of halogens is 1. The van der Waals surface area contributed by atoms with Gasteiger partial charge >= 0.3 is 0 Å². The van der Waals surface area contributed by atoms with Crippen molar-refractivity contribution in [2.45, 2.75) is 43.4 Å². The summed E-state index contributed by atoms with van der Waals surface area (Å²) in [5, 5.41) is 0. The van der Waals surface area contributed by atoms with Crippen LogP contribution in [0.15, 0.2) is 84.9 Å². The monoisotopic (exact) mass is 486 g/mol. The van der Waals surface area contributed by atoms with E-state index in [0.29, 0.717) is 11.8 Å². The first-order valence-corrected chi connectivity index (χ1v) is 13.0. The Labute approximate surface area is 215 Å². The molecule has 0 N–H and O–H groups in total. The van der Waals surface area contributed by atoms with Crippen LogP contribution in [0.1, 0.15) is 54.7 Å². The van der Waals surface area contributed by atoms with Gasteiger partial charge in [0.15, 0.2) is 0 Å². The number of piperidine rings is 1. The Hall–Kier alpha value is -2.62. The molecule has 182 valence electrons. The third-order valence-electron chi connectivity index (χ3n) is 8.33. The molecule has 3 aromatic carbocycles. The lowest BCUT2D eigenvalue weighted by molar-refractivity contribution is -0.122. The van der Waals surface area contributed by atoms with Crippen LogP contribution in [0.4, 0.5) is 5.69 Å². The molecule has 2 aliphatic heterocycles. The Morgan fingerprint density at radius 3 is 2.09 bits per heavy atom. The lowest BCUT2D eigenvalue weighted by Crippen LogP contribution is -2.45. The van der Waals surface area contributed by atoms with E-state index >= 15 is 0 Å². The maximum Gasteiger partial charge on any atom is 0.242 e. The van der Waals surface area contributed by atoms with Gasteiger partial charge in [-0.05, 0) is 86.3 Å². The van der Waals surface area contributed by atoms with Crippen LogP contribution >= 0.6 is 12.4 Å². The van der Waals surface area contributed by atoms with E-state index in [2.05, 4.69) is 94.7 Å². The van der Waals surface area contributed by atoms with Gasteiger partial charge in [0.25, 0.3) is 0 Å². The maximum absolute atomic E-state index is 14.3. The van der Waals surface area contributed by atoms with Gasteiger partial charge in [-0.2, -0.15) is 0 Å². The second-order valence-corrected chi connectivity index (χ2v) is 10.4. The van der Waals surface area contributed by atoms with E-state index in [0.717, 1.165) is 43.9 Å². The molecular weight excluding hydrogens is 452 g/mol. The zero-order valence-corrected chi connectivity index (χ0v) is 21.1. The summed E-state index contributed by atoms with van der Waals surface area (Å²) < 4.78 is 0. The molecule has 1 unspecified atom stereocenters. The normalized spacial score (nSPS) is 22.6. The molecule has 0 bridgehead atoms. The summed E-state index contributed by atoms with van der Waals surface area (Å²) in [4.78, 5) is 19.0. The van der Waals surface area contributed by atoms with E-state index in [1.54, 1.807) is 0 Å². The molecule has 1 saturated heterocycles. The molecule has 2 heterocycles. The summed E-state index contributed by atoms with van der Waals surface area (Å²) in [5.41, 5.74) is 4.36. The van der Waals surface area contributed by atoms with Crippen molar-refractivity contribution in [1.82, 2.24) is 4.90 Å². The molecule has 0 spiro atoms. The predicted octanol–water partition coefficient (Wildman–Crippen LogP) is 6.42. The van der Waals surface area contributed by atoms with E-state index in [-0.39, 0.29) is 18.3 Å². The number of hydrogen-bond donors (Lipinski definition) is 0. The average molecular weight is 487 g/mol. The van der Waals surface area contributed by atoms with Crippen molar-refractivity contribution in [1.29, 1.82) is 0 Å². The van der Waals surface area contributed by atoms with Crippen LogP contribution in [0.5, 0.6) is 0 Å². The van der Waals surface area contributed by atoms with E-state index in [4.69, 9.17) is 0 Å². The maximum atomic E-state index is 14.3. The van der Waals surface area contributed by atoms with E-state index in [1.165, 1.54) is 36.8 Å². The highest BCUT2D eigenvalue weighted by Gasteiger charge is 2.52. The number of hydrogen-bond acceptors (Lipinski definition) is 2. The number of likely N-dealkylation sites (tertiary alicyclic amines) is 1. The molecule has 35 heavy (non-hydrogen) atoms. The number of anilines is 1. The van der Waals surface area contributed by atoms with Crippen molar-refractivity contribution in [3.8, 4) is 0 Å². The second kappa shape index (κ2) is 10.2. The largest absolute Gasteiger partial charge is 0.311 e. The molecule has 0 aromatic heterocycles. The average Bonchev–Trinajstić information content (AvgIpc) is 3.70. The number of benzene rings is 3. The third kappa shape index (κ3) is 4.52. The van der Waals surface area contributed by atoms with Crippen molar-refractivity contribution in [2.75, 3.05) is 31.1 Å². The second-order valence-electron chi connectivity index (χ2n) is 10.4. The summed E-state index contributed by atoms with van der Waals surface area (Å²) in [6.07, 6.45) is 5.73. The number of fused-ring (bicyclic) bond motifs is 1. The highest BCUT2D eigenvalue weighted by atomic mass is 35.5. The van der Waals surface area contributed by atoms with Gasteiger partial charge in [-0.1, -0.05) is 78.9 Å². The summed E-state index contributed by atoms with van der Waals surface area (Å²) >= 11 is 0. The van der Waals surface area contributed by atoms with Gasteiger partial charge in [-0.3, -0.25) is 4.79 Å². The molecule has 1 amide bonds. The third-order valence-corrected chi connectivity index (χ3v) is 8.33. The van der Waals surface area contributed by atoms with Gasteiger partial charge in [-0.15, -0.1) is 12.4 Å². The summed E-state index contributed by atoms with van der Waals surface area (Å²) in [7, 11) is 0. The molecule has 0 radical (unpaired) electrons. The Bertz CT molecular complexity index is 1140. The van der Waals surface area contributed by atoms with Crippen LogP contribution in [-0.4, -0.2) is 37.0 Å². The summed E-state index contributed by atoms with van der Waals surface area (Å²) in [6.45, 7) is 4.03. The molecular formula is C31H35ClN2O. The molecule has 3 aliphatic rings. The summed E-state index contributed by atoms with van der Waals surface area (Å²) in [5.74, 6) is 1.61. The fraction of sp³-hybridized carbons (Fsp3) is 0.387. The smallest absolute Gasteiger partial charge is 0.242 e. The quantitative estimate of drug-likeness (QED) is 0.384. The SMILES string of the molecule is Cl.O=C1N(CC2CC2)c2ccccc2C1(CCN1CCC(c2ccccc2)CC1)c1ccccc1. The molecule has 2 fully saturated rings. The lowest BCUT2D eigenvalue weighted by Gasteiger charge is -2.36. The van der Waals surface area contributed by atoms with E-state index in [1.807, 2.05) is 0 Å². The zero-order chi connectivity index (χ0) is 23.0.